The van der Waals surface area contributed by atoms with Crippen molar-refractivity contribution < 1.29 is 9.90 Å². The van der Waals surface area contributed by atoms with E-state index in [-0.39, 0.29) is 0 Å². The van der Waals surface area contributed by atoms with Crippen LogP contribution in [0.1, 0.15) is 10.4 Å². The number of aromatic carboxylic acids is 1. The minimum Gasteiger partial charge on any atom is -0.478 e. The zero-order valence-electron chi connectivity index (χ0n) is 9.85. The SMILES string of the molecule is O=C(O)c1cccc(Sc2cccc3nccn23)c1. The molecule has 0 saturated heterocycles. The lowest BCUT2D eigenvalue weighted by molar-refractivity contribution is 0.0696. The van der Waals surface area contributed by atoms with Gasteiger partial charge in [0.25, 0.3) is 0 Å². The maximum atomic E-state index is 11.0. The lowest BCUT2D eigenvalue weighted by atomic mass is 10.2. The van der Waals surface area contributed by atoms with Crippen molar-refractivity contribution in [1.29, 1.82) is 0 Å². The number of imidazole rings is 1. The molecular weight excluding hydrogens is 260 g/mol. The van der Waals surface area contributed by atoms with Gasteiger partial charge in [-0.1, -0.05) is 23.9 Å². The minimum absolute atomic E-state index is 0.294. The van der Waals surface area contributed by atoms with Gasteiger partial charge in [0.05, 0.1) is 10.6 Å². The molecule has 2 aromatic heterocycles. The van der Waals surface area contributed by atoms with Gasteiger partial charge in [-0.2, -0.15) is 0 Å². The number of carbonyl (C=O) groups is 1. The molecule has 1 aromatic carbocycles. The standard InChI is InChI=1S/C14H10N2O2S/c17-14(18)10-3-1-4-11(9-10)19-13-6-2-5-12-15-7-8-16(12)13/h1-9H,(H,17,18). The van der Waals surface area contributed by atoms with Crippen LogP contribution >= 0.6 is 11.8 Å². The molecule has 0 spiro atoms. The molecule has 3 aromatic rings. The zero-order valence-corrected chi connectivity index (χ0v) is 10.7. The molecule has 0 fully saturated rings. The van der Waals surface area contributed by atoms with Crippen molar-refractivity contribution in [3.63, 3.8) is 0 Å². The Labute approximate surface area is 113 Å². The van der Waals surface area contributed by atoms with Crippen LogP contribution in [-0.4, -0.2) is 20.5 Å². The van der Waals surface area contributed by atoms with Crippen LogP contribution in [0.25, 0.3) is 5.65 Å². The highest BCUT2D eigenvalue weighted by atomic mass is 32.2. The maximum Gasteiger partial charge on any atom is 0.335 e. The van der Waals surface area contributed by atoms with E-state index in [2.05, 4.69) is 4.98 Å². The fraction of sp³-hybridized carbons (Fsp3) is 0. The minimum atomic E-state index is -0.914. The second kappa shape index (κ2) is 4.78. The molecule has 1 N–H and O–H groups in total. The van der Waals surface area contributed by atoms with Gasteiger partial charge < -0.3 is 5.11 Å². The van der Waals surface area contributed by atoms with Gasteiger partial charge in [-0.3, -0.25) is 4.40 Å². The maximum absolute atomic E-state index is 11.0. The van der Waals surface area contributed by atoms with Gasteiger partial charge in [0.1, 0.15) is 5.65 Å². The van der Waals surface area contributed by atoms with Crippen LogP contribution in [0.3, 0.4) is 0 Å². The van der Waals surface area contributed by atoms with Crippen molar-refractivity contribution in [2.75, 3.05) is 0 Å². The van der Waals surface area contributed by atoms with Gasteiger partial charge >= 0.3 is 5.97 Å². The van der Waals surface area contributed by atoms with Gasteiger partial charge in [0.2, 0.25) is 0 Å². The Kier molecular flexibility index (Phi) is 2.97. The van der Waals surface area contributed by atoms with Crippen LogP contribution in [0.15, 0.2) is 64.8 Å². The number of benzene rings is 1. The Balaban J connectivity index is 1.99. The topological polar surface area (TPSA) is 54.6 Å². The molecule has 0 atom stereocenters. The van der Waals surface area contributed by atoms with Gasteiger partial charge in [-0.25, -0.2) is 9.78 Å². The average molecular weight is 270 g/mol. The van der Waals surface area contributed by atoms with Crippen molar-refractivity contribution in [2.45, 2.75) is 9.92 Å². The molecule has 19 heavy (non-hydrogen) atoms. The van der Waals surface area contributed by atoms with E-state index in [9.17, 15) is 4.79 Å². The van der Waals surface area contributed by atoms with E-state index in [1.807, 2.05) is 34.9 Å². The van der Waals surface area contributed by atoms with E-state index in [4.69, 9.17) is 5.11 Å². The molecule has 0 bridgehead atoms. The molecule has 0 aliphatic heterocycles. The number of hydrogen-bond acceptors (Lipinski definition) is 3. The van der Waals surface area contributed by atoms with Gasteiger partial charge in [0, 0.05) is 17.3 Å². The molecule has 0 aliphatic rings. The molecule has 2 heterocycles. The van der Waals surface area contributed by atoms with Crippen molar-refractivity contribution in [2.24, 2.45) is 0 Å². The van der Waals surface area contributed by atoms with E-state index in [0.29, 0.717) is 5.56 Å². The van der Waals surface area contributed by atoms with Crippen LogP contribution in [0.2, 0.25) is 0 Å². The van der Waals surface area contributed by atoms with Crippen molar-refractivity contribution in [3.05, 3.63) is 60.4 Å². The summed E-state index contributed by atoms with van der Waals surface area (Å²) in [5.74, 6) is -0.914. The molecule has 0 aliphatic carbocycles. The van der Waals surface area contributed by atoms with Crippen LogP contribution in [0.4, 0.5) is 0 Å². The summed E-state index contributed by atoms with van der Waals surface area (Å²) in [5, 5.41) is 9.99. The number of aromatic nitrogens is 2. The first-order valence-corrected chi connectivity index (χ1v) is 6.49. The summed E-state index contributed by atoms with van der Waals surface area (Å²) in [6, 6.07) is 12.7. The number of nitrogens with zero attached hydrogens (tertiary/aromatic N) is 2. The largest absolute Gasteiger partial charge is 0.478 e. The second-order valence-electron chi connectivity index (χ2n) is 3.95. The summed E-state index contributed by atoms with van der Waals surface area (Å²) in [6.45, 7) is 0. The number of fused-ring (bicyclic) bond motifs is 1. The Hall–Kier alpha value is -2.27. The summed E-state index contributed by atoms with van der Waals surface area (Å²) >= 11 is 1.51. The van der Waals surface area contributed by atoms with Crippen LogP contribution in [-0.2, 0) is 0 Å². The Morgan fingerprint density at radius 1 is 1.21 bits per heavy atom. The highest BCUT2D eigenvalue weighted by Crippen LogP contribution is 2.28. The normalized spacial score (nSPS) is 10.7. The first kappa shape index (κ1) is 11.8. The van der Waals surface area contributed by atoms with Crippen molar-refractivity contribution in [1.82, 2.24) is 9.38 Å². The quantitative estimate of drug-likeness (QED) is 0.794. The third-order valence-corrected chi connectivity index (χ3v) is 3.73. The van der Waals surface area contributed by atoms with E-state index in [1.165, 1.54) is 11.8 Å². The summed E-state index contributed by atoms with van der Waals surface area (Å²) in [6.07, 6.45) is 3.63. The Bertz CT molecular complexity index is 752. The van der Waals surface area contributed by atoms with E-state index in [1.54, 1.807) is 24.4 Å². The van der Waals surface area contributed by atoms with Crippen molar-refractivity contribution >= 4 is 23.4 Å². The van der Waals surface area contributed by atoms with E-state index in [0.717, 1.165) is 15.6 Å². The monoisotopic (exact) mass is 270 g/mol. The predicted octanol–water partition coefficient (Wildman–Crippen LogP) is 3.18. The summed E-state index contributed by atoms with van der Waals surface area (Å²) in [7, 11) is 0. The van der Waals surface area contributed by atoms with E-state index >= 15 is 0 Å². The molecule has 4 nitrogen and oxygen atoms in total. The third kappa shape index (κ3) is 2.32. The molecule has 0 amide bonds. The Morgan fingerprint density at radius 3 is 2.89 bits per heavy atom. The van der Waals surface area contributed by atoms with Crippen LogP contribution in [0, 0.1) is 0 Å². The Morgan fingerprint density at radius 2 is 2.05 bits per heavy atom. The number of hydrogen-bond donors (Lipinski definition) is 1. The van der Waals surface area contributed by atoms with Crippen LogP contribution < -0.4 is 0 Å². The highest BCUT2D eigenvalue weighted by molar-refractivity contribution is 7.99. The fourth-order valence-electron chi connectivity index (χ4n) is 1.82. The summed E-state index contributed by atoms with van der Waals surface area (Å²) < 4.78 is 1.97. The highest BCUT2D eigenvalue weighted by Gasteiger charge is 2.06. The molecule has 0 saturated carbocycles. The van der Waals surface area contributed by atoms with Crippen molar-refractivity contribution in [3.8, 4) is 0 Å². The summed E-state index contributed by atoms with van der Waals surface area (Å²) in [5.41, 5.74) is 1.17. The smallest absolute Gasteiger partial charge is 0.335 e. The number of carboxylic acid groups (broad SMARTS) is 1. The molecule has 5 heteroatoms. The molecule has 94 valence electrons. The molecular formula is C14H10N2O2S. The lowest BCUT2D eigenvalue weighted by Crippen LogP contribution is -1.95. The van der Waals surface area contributed by atoms with Gasteiger partial charge in [-0.15, -0.1) is 0 Å². The van der Waals surface area contributed by atoms with Gasteiger partial charge in [0.15, 0.2) is 0 Å². The zero-order chi connectivity index (χ0) is 13.2. The number of carboxylic acids is 1. The van der Waals surface area contributed by atoms with E-state index < -0.39 is 5.97 Å². The van der Waals surface area contributed by atoms with Crippen LogP contribution in [0.5, 0.6) is 0 Å². The van der Waals surface area contributed by atoms with Gasteiger partial charge in [-0.05, 0) is 30.3 Å². The molecule has 3 rings (SSSR count). The molecule has 0 radical (unpaired) electrons. The summed E-state index contributed by atoms with van der Waals surface area (Å²) in [4.78, 5) is 16.1. The fourth-order valence-corrected chi connectivity index (χ4v) is 2.79. The third-order valence-electron chi connectivity index (χ3n) is 2.69. The second-order valence-corrected chi connectivity index (χ2v) is 5.05. The molecule has 0 unspecified atom stereocenters. The predicted molar refractivity (Wildman–Crippen MR) is 72.7 cm³/mol. The number of pyridine rings is 1. The number of rotatable bonds is 3. The lowest BCUT2D eigenvalue weighted by Gasteiger charge is -2.05. The first-order chi connectivity index (χ1) is 9.24. The average Bonchev–Trinajstić information content (AvgIpc) is 2.88. The first-order valence-electron chi connectivity index (χ1n) is 5.67.